The molecular formula is C51H77N11O13. The van der Waals surface area contributed by atoms with E-state index in [1.165, 1.54) is 29.4 Å². The fourth-order valence-electron chi connectivity index (χ4n) is 12.1. The lowest BCUT2D eigenvalue weighted by Gasteiger charge is -2.35. The summed E-state index contributed by atoms with van der Waals surface area (Å²) in [6, 6.07) is -8.14. The van der Waals surface area contributed by atoms with Gasteiger partial charge in [0.2, 0.25) is 65.0 Å². The molecule has 10 atom stereocenters. The van der Waals surface area contributed by atoms with Crippen molar-refractivity contribution in [3.8, 4) is 0 Å². The van der Waals surface area contributed by atoms with Gasteiger partial charge >= 0.3 is 5.97 Å². The van der Waals surface area contributed by atoms with E-state index in [0.717, 1.165) is 0 Å². The maximum atomic E-state index is 14.3. The predicted octanol–water partition coefficient (Wildman–Crippen LogP) is -1.41. The molecule has 7 aliphatic rings. The van der Waals surface area contributed by atoms with Crippen molar-refractivity contribution < 1.29 is 62.6 Å². The normalized spacial score (nSPS) is 26.8. The first-order chi connectivity index (χ1) is 35.8. The van der Waals surface area contributed by atoms with Gasteiger partial charge in [-0.1, -0.05) is 34.1 Å². The number of likely N-dealkylation sites (tertiary alicyclic amines) is 6. The lowest BCUT2D eigenvalue weighted by atomic mass is 9.96. The van der Waals surface area contributed by atoms with Gasteiger partial charge < -0.3 is 61.1 Å². The lowest BCUT2D eigenvalue weighted by Crippen LogP contribution is -2.59. The number of carboxylic acids is 1. The summed E-state index contributed by atoms with van der Waals surface area (Å²) in [5.41, 5.74) is 0. The van der Waals surface area contributed by atoms with Crippen LogP contribution in [0.4, 0.5) is 0 Å². The van der Waals surface area contributed by atoms with Crippen molar-refractivity contribution >= 4 is 70.9 Å². The maximum absolute atomic E-state index is 14.3. The van der Waals surface area contributed by atoms with Crippen molar-refractivity contribution in [3.05, 3.63) is 0 Å². The van der Waals surface area contributed by atoms with Gasteiger partial charge in [0.25, 0.3) is 0 Å². The summed E-state index contributed by atoms with van der Waals surface area (Å²) in [7, 11) is 0. The highest BCUT2D eigenvalue weighted by atomic mass is 16.4. The molecule has 7 saturated heterocycles. The summed E-state index contributed by atoms with van der Waals surface area (Å²) >= 11 is 0. The number of amides is 11. The van der Waals surface area contributed by atoms with Crippen LogP contribution in [0.2, 0.25) is 0 Å². The van der Waals surface area contributed by atoms with Crippen LogP contribution in [0.3, 0.4) is 0 Å². The number of nitrogens with zero attached hydrogens (tertiary/aromatic N) is 6. The van der Waals surface area contributed by atoms with E-state index in [-0.39, 0.29) is 63.3 Å². The van der Waals surface area contributed by atoms with Gasteiger partial charge in [0.1, 0.15) is 54.4 Å². The van der Waals surface area contributed by atoms with E-state index in [2.05, 4.69) is 26.6 Å². The molecule has 0 radical (unpaired) electrons. The second-order valence-electron chi connectivity index (χ2n) is 21.7. The van der Waals surface area contributed by atoms with Crippen LogP contribution in [-0.4, -0.2) is 212 Å². The Labute approximate surface area is 437 Å². The average Bonchev–Trinajstić information content (AvgIpc) is 4.24. The van der Waals surface area contributed by atoms with Crippen LogP contribution < -0.4 is 26.6 Å². The van der Waals surface area contributed by atoms with Crippen LogP contribution in [0.1, 0.15) is 130 Å². The molecule has 11 amide bonds. The van der Waals surface area contributed by atoms with Crippen LogP contribution >= 0.6 is 0 Å². The average molecular weight is 1050 g/mol. The Morgan fingerprint density at radius 1 is 0.547 bits per heavy atom. The number of aliphatic carboxylic acids is 1. The van der Waals surface area contributed by atoms with Crippen LogP contribution in [0.15, 0.2) is 0 Å². The van der Waals surface area contributed by atoms with E-state index in [9.17, 15) is 62.6 Å². The van der Waals surface area contributed by atoms with E-state index >= 15 is 0 Å². The molecule has 0 aliphatic carbocycles. The minimum absolute atomic E-state index is 0.0219. The fraction of sp³-hybridized carbons (Fsp3) is 0.765. The fourth-order valence-corrected chi connectivity index (χ4v) is 12.1. The quantitative estimate of drug-likeness (QED) is 0.0868. The molecule has 0 spiro atoms. The largest absolute Gasteiger partial charge is 0.480 e. The Morgan fingerprint density at radius 3 is 1.51 bits per heavy atom. The van der Waals surface area contributed by atoms with Gasteiger partial charge in [-0.05, 0) is 102 Å². The van der Waals surface area contributed by atoms with E-state index in [0.29, 0.717) is 96.4 Å². The third-order valence-electron chi connectivity index (χ3n) is 16.3. The summed E-state index contributed by atoms with van der Waals surface area (Å²) in [6.07, 6.45) is 6.50. The molecule has 1 unspecified atom stereocenters. The molecule has 0 saturated carbocycles. The van der Waals surface area contributed by atoms with E-state index < -0.39 is 133 Å². The van der Waals surface area contributed by atoms with Crippen molar-refractivity contribution in [3.63, 3.8) is 0 Å². The Kier molecular flexibility index (Phi) is 18.8. The van der Waals surface area contributed by atoms with E-state index in [1.807, 2.05) is 27.7 Å². The highest BCUT2D eigenvalue weighted by Crippen LogP contribution is 2.30. The standard InChI is InChI=1S/C51H77N11O13/c1-5-30(4)42(50(73)61-24-10-16-37(61)49(72)62-25-11-17-38(62)51(74)75)56-45(68)34-13-7-22-59(34)47(70)35-14-8-20-57(35)41(65)28-53-44(67)33-12-6-21-58(33)48(71)36-15-9-23-60(36)46(69)32(26-29(2)3)55-40(64)27-52-43(66)31-18-19-39(63)54-31/h29-38,42H,5-28H2,1-4H3,(H,52,66)(H,53,67)(H,54,63)(H,55,64)(H,56,68)(H,74,75)/t30?,31-,32-,33-,34-,35-,36-,37-,38-,42-/m0/s1. The van der Waals surface area contributed by atoms with Crippen molar-refractivity contribution in [2.45, 2.75) is 185 Å². The summed E-state index contributed by atoms with van der Waals surface area (Å²) in [5, 5.41) is 23.1. The number of hydrogen-bond acceptors (Lipinski definition) is 12. The molecule has 24 nitrogen and oxygen atoms in total. The number of hydrogen-bond donors (Lipinski definition) is 6. The Hall–Kier alpha value is -6.36. The zero-order chi connectivity index (χ0) is 54.2. The molecule has 414 valence electrons. The Bertz CT molecular complexity index is 2250. The minimum Gasteiger partial charge on any atom is -0.480 e. The van der Waals surface area contributed by atoms with Crippen LogP contribution in [0.5, 0.6) is 0 Å². The smallest absolute Gasteiger partial charge is 0.326 e. The van der Waals surface area contributed by atoms with Crippen molar-refractivity contribution in [1.82, 2.24) is 56.0 Å². The molecule has 7 heterocycles. The molecule has 0 aromatic carbocycles. The van der Waals surface area contributed by atoms with Crippen LogP contribution in [0, 0.1) is 11.8 Å². The second-order valence-corrected chi connectivity index (χ2v) is 21.7. The molecule has 0 aromatic rings. The minimum atomic E-state index is -1.08. The summed E-state index contributed by atoms with van der Waals surface area (Å²) < 4.78 is 0. The first-order valence-electron chi connectivity index (χ1n) is 27.3. The number of carboxylic acid groups (broad SMARTS) is 1. The molecule has 7 fully saturated rings. The van der Waals surface area contributed by atoms with Gasteiger partial charge in [0.15, 0.2) is 0 Å². The van der Waals surface area contributed by atoms with Crippen LogP contribution in [0.25, 0.3) is 0 Å². The van der Waals surface area contributed by atoms with Gasteiger partial charge in [-0.3, -0.25) is 52.7 Å². The number of carbonyl (C=O) groups excluding carboxylic acids is 11. The van der Waals surface area contributed by atoms with Gasteiger partial charge in [0, 0.05) is 45.7 Å². The molecule has 24 heteroatoms. The van der Waals surface area contributed by atoms with E-state index in [4.69, 9.17) is 0 Å². The highest BCUT2D eigenvalue weighted by Gasteiger charge is 2.48. The van der Waals surface area contributed by atoms with Crippen LogP contribution in [-0.2, 0) is 57.5 Å². The first kappa shape index (κ1) is 56.4. The van der Waals surface area contributed by atoms with Gasteiger partial charge in [0.05, 0.1) is 13.1 Å². The third kappa shape index (κ3) is 12.8. The Balaban J connectivity index is 0.921. The first-order valence-corrected chi connectivity index (χ1v) is 27.3. The molecule has 0 bridgehead atoms. The molecule has 75 heavy (non-hydrogen) atoms. The molecular weight excluding hydrogens is 975 g/mol. The lowest BCUT2D eigenvalue weighted by molar-refractivity contribution is -0.152. The topological polar surface area (TPSA) is 305 Å². The highest BCUT2D eigenvalue weighted by molar-refractivity contribution is 5.99. The van der Waals surface area contributed by atoms with Gasteiger partial charge in [-0.25, -0.2) is 4.79 Å². The van der Waals surface area contributed by atoms with E-state index in [1.54, 1.807) is 0 Å². The maximum Gasteiger partial charge on any atom is 0.326 e. The van der Waals surface area contributed by atoms with Crippen molar-refractivity contribution in [2.24, 2.45) is 11.8 Å². The molecule has 7 aliphatic heterocycles. The summed E-state index contributed by atoms with van der Waals surface area (Å²) in [6.45, 7) is 8.21. The summed E-state index contributed by atoms with van der Waals surface area (Å²) in [5.74, 6) is -6.50. The predicted molar refractivity (Wildman–Crippen MR) is 266 cm³/mol. The second kappa shape index (κ2) is 25.0. The molecule has 6 N–H and O–H groups in total. The van der Waals surface area contributed by atoms with Crippen molar-refractivity contribution in [2.75, 3.05) is 52.4 Å². The number of nitrogens with one attached hydrogen (secondary N) is 5. The SMILES string of the molecule is CCC(C)[C@H](NC(=O)[C@@H]1CCCN1C(=O)[C@@H]1CCCN1C(=O)CNC(=O)[C@@H]1CCCN1C(=O)[C@@H]1CCCN1C(=O)[C@H](CC(C)C)NC(=O)CNC(=O)[C@@H]1CCC(=O)N1)C(=O)N1CCC[C@H]1C(=O)N1CCC[C@H]1C(=O)O. The zero-order valence-corrected chi connectivity index (χ0v) is 43.9. The van der Waals surface area contributed by atoms with Gasteiger partial charge in [-0.2, -0.15) is 0 Å². The third-order valence-corrected chi connectivity index (χ3v) is 16.3. The monoisotopic (exact) mass is 1050 g/mol. The van der Waals surface area contributed by atoms with Gasteiger partial charge in [-0.15, -0.1) is 0 Å². The number of carbonyl (C=O) groups is 12. The Morgan fingerprint density at radius 2 is 1.00 bits per heavy atom. The molecule has 7 rings (SSSR count). The zero-order valence-electron chi connectivity index (χ0n) is 43.9. The number of rotatable bonds is 19. The molecule has 0 aromatic heterocycles. The summed E-state index contributed by atoms with van der Waals surface area (Å²) in [4.78, 5) is 170. The van der Waals surface area contributed by atoms with Crippen molar-refractivity contribution in [1.29, 1.82) is 0 Å².